The quantitative estimate of drug-likeness (QED) is 0.482. The fourth-order valence-corrected chi connectivity index (χ4v) is 3.74. The number of piperidine rings is 1. The molecule has 152 valence electrons. The molecule has 3 aromatic heterocycles. The van der Waals surface area contributed by atoms with Gasteiger partial charge in [0.1, 0.15) is 12.1 Å². The third-order valence-electron chi connectivity index (χ3n) is 4.87. The smallest absolute Gasteiger partial charge is 0.335 e. The lowest BCUT2D eigenvalue weighted by molar-refractivity contribution is 0.0949. The Hall–Kier alpha value is -2.88. The number of amides is 1. The highest BCUT2D eigenvalue weighted by atomic mass is 32.2. The van der Waals surface area contributed by atoms with Crippen LogP contribution in [0.15, 0.2) is 39.0 Å². The minimum absolute atomic E-state index is 0.300. The lowest BCUT2D eigenvalue weighted by Crippen LogP contribution is -2.30. The Bertz CT molecular complexity index is 1050. The van der Waals surface area contributed by atoms with Crippen LogP contribution in [0.1, 0.15) is 29.6 Å². The van der Waals surface area contributed by atoms with E-state index in [1.165, 1.54) is 43.2 Å². The van der Waals surface area contributed by atoms with Crippen LogP contribution in [0.5, 0.6) is 0 Å². The van der Waals surface area contributed by atoms with Crippen LogP contribution >= 0.6 is 11.8 Å². The minimum Gasteiger partial charge on any atom is -0.430 e. The summed E-state index contributed by atoms with van der Waals surface area (Å²) in [7, 11) is 0. The Balaban J connectivity index is 1.51. The topological polar surface area (TPSA) is 106 Å². The van der Waals surface area contributed by atoms with Crippen LogP contribution < -0.4 is 15.8 Å². The molecule has 10 heteroatoms. The molecule has 0 unspecified atom stereocenters. The molecule has 0 bridgehead atoms. The zero-order valence-electron chi connectivity index (χ0n) is 16.1. The van der Waals surface area contributed by atoms with Gasteiger partial charge in [-0.2, -0.15) is 5.10 Å². The summed E-state index contributed by atoms with van der Waals surface area (Å²) in [5, 5.41) is 8.92. The Morgan fingerprint density at radius 1 is 1.24 bits per heavy atom. The first kappa shape index (κ1) is 19.4. The normalized spacial score (nSPS) is 14.3. The largest absolute Gasteiger partial charge is 0.430 e. The maximum absolute atomic E-state index is 12.2. The Morgan fingerprint density at radius 3 is 2.79 bits per heavy atom. The summed E-state index contributed by atoms with van der Waals surface area (Å²) in [4.78, 5) is 34.9. The number of nitrogens with zero attached hydrogens (tertiary/aromatic N) is 5. The molecular weight excluding hydrogens is 392 g/mol. The van der Waals surface area contributed by atoms with E-state index in [2.05, 4.69) is 20.3 Å². The molecule has 1 amide bonds. The second-order valence-electron chi connectivity index (χ2n) is 6.79. The Morgan fingerprint density at radius 2 is 2.07 bits per heavy atom. The van der Waals surface area contributed by atoms with Gasteiger partial charge in [-0.25, -0.2) is 19.4 Å². The van der Waals surface area contributed by atoms with Crippen molar-refractivity contribution in [2.75, 3.05) is 30.8 Å². The summed E-state index contributed by atoms with van der Waals surface area (Å²) < 4.78 is 6.51. The van der Waals surface area contributed by atoms with Gasteiger partial charge in [0.2, 0.25) is 0 Å². The molecular formula is C19H22N6O3S. The lowest BCUT2D eigenvalue weighted by atomic mass is 10.1. The summed E-state index contributed by atoms with van der Waals surface area (Å²) in [6.07, 6.45) is 8.50. The van der Waals surface area contributed by atoms with Crippen molar-refractivity contribution in [3.05, 3.63) is 40.6 Å². The molecule has 1 N–H and O–H groups in total. The number of carbonyl (C=O) groups is 1. The van der Waals surface area contributed by atoms with Crippen molar-refractivity contribution < 1.29 is 9.21 Å². The standard InChI is InChI=1S/C19H22N6O3S/c1-29-19-22-16(24-8-3-2-4-9-24)14-11-21-25(17(14)23-19)10-7-20-18(27)13-5-6-15(26)28-12-13/h5-6,11-12H,2-4,7-10H2,1H3,(H,20,27). The van der Waals surface area contributed by atoms with Gasteiger partial charge in [-0.1, -0.05) is 11.8 Å². The molecule has 4 heterocycles. The number of anilines is 1. The van der Waals surface area contributed by atoms with E-state index in [0.717, 1.165) is 36.2 Å². The minimum atomic E-state index is -0.488. The van der Waals surface area contributed by atoms with Crippen LogP contribution in [0.25, 0.3) is 11.0 Å². The summed E-state index contributed by atoms with van der Waals surface area (Å²) in [5.41, 5.74) is 0.581. The Kier molecular flexibility index (Phi) is 5.79. The average molecular weight is 414 g/mol. The van der Waals surface area contributed by atoms with Crippen LogP contribution in [-0.2, 0) is 6.54 Å². The van der Waals surface area contributed by atoms with E-state index in [9.17, 15) is 9.59 Å². The van der Waals surface area contributed by atoms with E-state index in [4.69, 9.17) is 9.40 Å². The molecule has 0 spiro atoms. The van der Waals surface area contributed by atoms with Gasteiger partial charge in [-0.3, -0.25) is 4.79 Å². The number of thioether (sulfide) groups is 1. The number of fused-ring (bicyclic) bond motifs is 1. The summed E-state index contributed by atoms with van der Waals surface area (Å²) in [6.45, 7) is 2.82. The van der Waals surface area contributed by atoms with E-state index in [1.807, 2.05) is 6.26 Å². The zero-order chi connectivity index (χ0) is 20.2. The third-order valence-corrected chi connectivity index (χ3v) is 5.41. The van der Waals surface area contributed by atoms with Crippen LogP contribution in [0.3, 0.4) is 0 Å². The predicted molar refractivity (Wildman–Crippen MR) is 110 cm³/mol. The fourth-order valence-electron chi connectivity index (χ4n) is 3.39. The highest BCUT2D eigenvalue weighted by Crippen LogP contribution is 2.28. The molecule has 0 saturated carbocycles. The third kappa shape index (κ3) is 4.26. The van der Waals surface area contributed by atoms with Crippen LogP contribution in [0.2, 0.25) is 0 Å². The Labute approximate surface area is 171 Å². The van der Waals surface area contributed by atoms with Gasteiger partial charge in [0.05, 0.1) is 23.7 Å². The number of rotatable bonds is 6. The fraction of sp³-hybridized carbons (Fsp3) is 0.421. The molecule has 1 saturated heterocycles. The van der Waals surface area contributed by atoms with Crippen molar-refractivity contribution in [1.82, 2.24) is 25.1 Å². The molecule has 0 atom stereocenters. The first-order chi connectivity index (χ1) is 14.2. The second kappa shape index (κ2) is 8.64. The molecule has 1 fully saturated rings. The first-order valence-electron chi connectivity index (χ1n) is 9.55. The van der Waals surface area contributed by atoms with Crippen LogP contribution in [0, 0.1) is 0 Å². The van der Waals surface area contributed by atoms with Gasteiger partial charge in [0.25, 0.3) is 5.91 Å². The number of nitrogens with one attached hydrogen (secondary N) is 1. The van der Waals surface area contributed by atoms with Crippen molar-refractivity contribution in [2.45, 2.75) is 31.0 Å². The zero-order valence-corrected chi connectivity index (χ0v) is 16.9. The van der Waals surface area contributed by atoms with Crippen molar-refractivity contribution in [3.8, 4) is 0 Å². The van der Waals surface area contributed by atoms with Crippen LogP contribution in [0.4, 0.5) is 5.82 Å². The molecule has 0 aromatic carbocycles. The van der Waals surface area contributed by atoms with Gasteiger partial charge in [0, 0.05) is 25.7 Å². The highest BCUT2D eigenvalue weighted by Gasteiger charge is 2.19. The molecule has 3 aromatic rings. The van der Waals surface area contributed by atoms with E-state index in [0.29, 0.717) is 23.8 Å². The van der Waals surface area contributed by atoms with Gasteiger partial charge < -0.3 is 14.6 Å². The molecule has 4 rings (SSSR count). The molecule has 0 aliphatic carbocycles. The SMILES string of the molecule is CSc1nc(N2CCCCC2)c2cnn(CCNC(=O)c3ccc(=O)oc3)c2n1. The highest BCUT2D eigenvalue weighted by molar-refractivity contribution is 7.98. The summed E-state index contributed by atoms with van der Waals surface area (Å²) >= 11 is 1.51. The van der Waals surface area contributed by atoms with Gasteiger partial charge >= 0.3 is 5.63 Å². The second-order valence-corrected chi connectivity index (χ2v) is 7.56. The molecule has 29 heavy (non-hydrogen) atoms. The summed E-state index contributed by atoms with van der Waals surface area (Å²) in [5.74, 6) is 0.632. The van der Waals surface area contributed by atoms with Crippen molar-refractivity contribution >= 4 is 34.5 Å². The number of aromatic nitrogens is 4. The number of hydrogen-bond acceptors (Lipinski definition) is 8. The van der Waals surface area contributed by atoms with Gasteiger partial charge in [-0.15, -0.1) is 0 Å². The first-order valence-corrected chi connectivity index (χ1v) is 10.8. The molecule has 9 nitrogen and oxygen atoms in total. The van der Waals surface area contributed by atoms with Gasteiger partial charge in [0.15, 0.2) is 10.8 Å². The molecule has 1 aliphatic rings. The number of carbonyl (C=O) groups excluding carboxylic acids is 1. The van der Waals surface area contributed by atoms with E-state index < -0.39 is 5.63 Å². The average Bonchev–Trinajstić information content (AvgIpc) is 3.17. The lowest BCUT2D eigenvalue weighted by Gasteiger charge is -2.28. The molecule has 1 aliphatic heterocycles. The van der Waals surface area contributed by atoms with Crippen LogP contribution in [-0.4, -0.2) is 51.5 Å². The summed E-state index contributed by atoms with van der Waals surface area (Å²) in [6, 6.07) is 2.66. The maximum atomic E-state index is 12.2. The maximum Gasteiger partial charge on any atom is 0.335 e. The van der Waals surface area contributed by atoms with E-state index in [1.54, 1.807) is 10.9 Å². The van der Waals surface area contributed by atoms with E-state index in [-0.39, 0.29) is 5.91 Å². The van der Waals surface area contributed by atoms with Crippen molar-refractivity contribution in [2.24, 2.45) is 0 Å². The monoisotopic (exact) mass is 414 g/mol. The van der Waals surface area contributed by atoms with Gasteiger partial charge in [-0.05, 0) is 31.6 Å². The van der Waals surface area contributed by atoms with Crippen molar-refractivity contribution in [3.63, 3.8) is 0 Å². The predicted octanol–water partition coefficient (Wildman–Crippen LogP) is 1.92. The molecule has 0 radical (unpaired) electrons. The number of hydrogen-bond donors (Lipinski definition) is 1. The van der Waals surface area contributed by atoms with E-state index >= 15 is 0 Å². The van der Waals surface area contributed by atoms with Crippen molar-refractivity contribution in [1.29, 1.82) is 0 Å².